The normalized spacial score (nSPS) is 12.0. The van der Waals surface area contributed by atoms with Gasteiger partial charge in [0, 0.05) is 17.8 Å². The highest BCUT2D eigenvalue weighted by molar-refractivity contribution is 6.04. The number of ether oxygens (including phenoxy) is 2. The number of amides is 1. The molecular formula is C26H22N4O4. The monoisotopic (exact) mass is 454 g/mol. The van der Waals surface area contributed by atoms with E-state index in [1.807, 2.05) is 60.7 Å². The number of fused-ring (bicyclic) bond motifs is 2. The third-order valence-electron chi connectivity index (χ3n) is 5.68. The van der Waals surface area contributed by atoms with E-state index in [4.69, 9.17) is 20.3 Å². The van der Waals surface area contributed by atoms with Gasteiger partial charge in [0.05, 0.1) is 12.7 Å². The van der Waals surface area contributed by atoms with E-state index in [0.29, 0.717) is 41.5 Å². The van der Waals surface area contributed by atoms with Gasteiger partial charge in [-0.25, -0.2) is 9.48 Å². The van der Waals surface area contributed by atoms with Gasteiger partial charge in [0.1, 0.15) is 28.6 Å². The number of nitrogens with zero attached hydrogens (tertiary/aromatic N) is 2. The summed E-state index contributed by atoms with van der Waals surface area (Å²) in [5.74, 6) is 0.861. The summed E-state index contributed by atoms with van der Waals surface area (Å²) in [6.07, 6.45) is 0.667. The van der Waals surface area contributed by atoms with Crippen LogP contribution in [0.3, 0.4) is 0 Å². The Labute approximate surface area is 195 Å². The number of carbonyl (C=O) groups is 2. The molecule has 3 N–H and O–H groups in total. The lowest BCUT2D eigenvalue weighted by Gasteiger charge is -2.11. The van der Waals surface area contributed by atoms with Crippen molar-refractivity contribution in [3.05, 3.63) is 89.5 Å². The number of aromatic nitrogens is 2. The lowest BCUT2D eigenvalue weighted by molar-refractivity contribution is 0.0600. The maximum Gasteiger partial charge on any atom is 0.337 e. The molecule has 1 aliphatic rings. The SMILES string of the molecule is COC(=O)c1ccc2c(c1)Nc1c(C(N)=O)c(-c3ccc(Oc4ccccc4)cc3)nn1CC2. The number of nitrogens with one attached hydrogen (secondary N) is 1. The Kier molecular flexibility index (Phi) is 5.47. The van der Waals surface area contributed by atoms with Crippen LogP contribution in [0.4, 0.5) is 11.5 Å². The van der Waals surface area contributed by atoms with E-state index in [0.717, 1.165) is 16.9 Å². The summed E-state index contributed by atoms with van der Waals surface area (Å²) in [5, 5.41) is 7.97. The molecule has 5 rings (SSSR count). The van der Waals surface area contributed by atoms with Gasteiger partial charge in [-0.2, -0.15) is 5.10 Å². The molecule has 0 aliphatic carbocycles. The molecule has 170 valence electrons. The van der Waals surface area contributed by atoms with Gasteiger partial charge >= 0.3 is 5.97 Å². The van der Waals surface area contributed by atoms with Crippen LogP contribution in [0.15, 0.2) is 72.8 Å². The molecule has 1 aromatic heterocycles. The number of carbonyl (C=O) groups excluding carboxylic acids is 2. The standard InChI is InChI=1S/C26H22N4O4/c1-33-26(32)18-8-7-16-13-14-30-25(28-21(16)15-18)22(24(27)31)23(29-30)17-9-11-20(12-10-17)34-19-5-3-2-4-6-19/h2-12,15,28H,13-14H2,1H3,(H2,27,31). The van der Waals surface area contributed by atoms with Crippen LogP contribution in [-0.2, 0) is 17.7 Å². The predicted octanol–water partition coefficient (Wildman–Crippen LogP) is 4.53. The second-order valence-electron chi connectivity index (χ2n) is 7.84. The Bertz CT molecular complexity index is 1380. The van der Waals surface area contributed by atoms with Crippen LogP contribution < -0.4 is 15.8 Å². The molecule has 0 atom stereocenters. The molecule has 3 aromatic carbocycles. The van der Waals surface area contributed by atoms with E-state index < -0.39 is 11.9 Å². The number of nitrogens with two attached hydrogens (primary N) is 1. The van der Waals surface area contributed by atoms with Gasteiger partial charge in [-0.15, -0.1) is 0 Å². The van der Waals surface area contributed by atoms with Crippen LogP contribution in [0.25, 0.3) is 11.3 Å². The molecule has 0 unspecified atom stereocenters. The molecule has 0 spiro atoms. The Morgan fingerprint density at radius 3 is 2.44 bits per heavy atom. The van der Waals surface area contributed by atoms with Crippen LogP contribution in [0, 0.1) is 0 Å². The largest absolute Gasteiger partial charge is 0.465 e. The third kappa shape index (κ3) is 3.97. The summed E-state index contributed by atoms with van der Waals surface area (Å²) in [6, 6.07) is 22.1. The summed E-state index contributed by atoms with van der Waals surface area (Å²) in [7, 11) is 1.34. The van der Waals surface area contributed by atoms with E-state index in [9.17, 15) is 9.59 Å². The molecule has 8 nitrogen and oxygen atoms in total. The fourth-order valence-electron chi connectivity index (χ4n) is 4.00. The molecule has 0 saturated heterocycles. The Balaban J connectivity index is 1.50. The topological polar surface area (TPSA) is 108 Å². The van der Waals surface area contributed by atoms with E-state index in [1.54, 1.807) is 16.8 Å². The predicted molar refractivity (Wildman–Crippen MR) is 127 cm³/mol. The molecule has 1 aliphatic heterocycles. The third-order valence-corrected chi connectivity index (χ3v) is 5.68. The molecule has 0 bridgehead atoms. The van der Waals surface area contributed by atoms with Gasteiger partial charge in [0.25, 0.3) is 5.91 Å². The Hall–Kier alpha value is -4.59. The molecular weight excluding hydrogens is 432 g/mol. The van der Waals surface area contributed by atoms with Crippen LogP contribution >= 0.6 is 0 Å². The molecule has 0 saturated carbocycles. The summed E-state index contributed by atoms with van der Waals surface area (Å²) in [6.45, 7) is 0.544. The number of esters is 1. The Morgan fingerprint density at radius 2 is 1.74 bits per heavy atom. The first-order valence-electron chi connectivity index (χ1n) is 10.8. The van der Waals surface area contributed by atoms with Crippen LogP contribution in [-0.4, -0.2) is 28.8 Å². The number of hydrogen-bond donors (Lipinski definition) is 2. The van der Waals surface area contributed by atoms with Gasteiger partial charge in [0.15, 0.2) is 0 Å². The van der Waals surface area contributed by atoms with Gasteiger partial charge in [0.2, 0.25) is 0 Å². The van der Waals surface area contributed by atoms with Crippen LogP contribution in [0.5, 0.6) is 11.5 Å². The van der Waals surface area contributed by atoms with Crippen molar-refractivity contribution in [2.75, 3.05) is 12.4 Å². The number of methoxy groups -OCH3 is 1. The summed E-state index contributed by atoms with van der Waals surface area (Å²) < 4.78 is 12.4. The molecule has 2 heterocycles. The number of aryl methyl sites for hydroxylation is 2. The summed E-state index contributed by atoms with van der Waals surface area (Å²) in [4.78, 5) is 24.5. The highest BCUT2D eigenvalue weighted by Gasteiger charge is 2.26. The lowest BCUT2D eigenvalue weighted by atomic mass is 10.1. The highest BCUT2D eigenvalue weighted by atomic mass is 16.5. The number of benzene rings is 3. The minimum absolute atomic E-state index is 0.285. The molecule has 1 amide bonds. The average molecular weight is 454 g/mol. The maximum absolute atomic E-state index is 12.5. The van der Waals surface area contributed by atoms with Crippen molar-refractivity contribution < 1.29 is 19.1 Å². The zero-order valence-electron chi connectivity index (χ0n) is 18.4. The van der Waals surface area contributed by atoms with Crippen molar-refractivity contribution in [2.45, 2.75) is 13.0 Å². The van der Waals surface area contributed by atoms with Gasteiger partial charge < -0.3 is 20.5 Å². The summed E-state index contributed by atoms with van der Waals surface area (Å²) in [5.41, 5.74) is 9.42. The molecule has 34 heavy (non-hydrogen) atoms. The van der Waals surface area contributed by atoms with Crippen LogP contribution in [0.2, 0.25) is 0 Å². The van der Waals surface area contributed by atoms with Gasteiger partial charge in [-0.3, -0.25) is 4.79 Å². The number of anilines is 2. The number of hydrogen-bond acceptors (Lipinski definition) is 6. The van der Waals surface area contributed by atoms with Crippen molar-refractivity contribution in [1.82, 2.24) is 9.78 Å². The highest BCUT2D eigenvalue weighted by Crippen LogP contribution is 2.35. The van der Waals surface area contributed by atoms with Crippen molar-refractivity contribution in [3.63, 3.8) is 0 Å². The summed E-state index contributed by atoms with van der Waals surface area (Å²) >= 11 is 0. The number of rotatable bonds is 5. The average Bonchev–Trinajstić information content (AvgIpc) is 3.12. The molecule has 0 radical (unpaired) electrons. The fourth-order valence-corrected chi connectivity index (χ4v) is 4.00. The second-order valence-corrected chi connectivity index (χ2v) is 7.84. The van der Waals surface area contributed by atoms with Crippen molar-refractivity contribution in [1.29, 1.82) is 0 Å². The lowest BCUT2D eigenvalue weighted by Crippen LogP contribution is -2.14. The zero-order chi connectivity index (χ0) is 23.7. The number of primary amides is 1. The van der Waals surface area contributed by atoms with Gasteiger partial charge in [-0.1, -0.05) is 24.3 Å². The van der Waals surface area contributed by atoms with E-state index in [1.165, 1.54) is 7.11 Å². The minimum atomic E-state index is -0.596. The van der Waals surface area contributed by atoms with E-state index >= 15 is 0 Å². The van der Waals surface area contributed by atoms with Gasteiger partial charge in [-0.05, 0) is 60.5 Å². The van der Waals surface area contributed by atoms with Crippen molar-refractivity contribution in [2.24, 2.45) is 5.73 Å². The molecule has 8 heteroatoms. The fraction of sp³-hybridized carbons (Fsp3) is 0.115. The first kappa shape index (κ1) is 21.3. The quantitative estimate of drug-likeness (QED) is 0.429. The van der Waals surface area contributed by atoms with Crippen molar-refractivity contribution in [3.8, 4) is 22.8 Å². The second kappa shape index (κ2) is 8.74. The van der Waals surface area contributed by atoms with Crippen LogP contribution in [0.1, 0.15) is 26.3 Å². The first-order chi connectivity index (χ1) is 16.5. The molecule has 0 fully saturated rings. The number of para-hydroxylation sites is 1. The Morgan fingerprint density at radius 1 is 1.00 bits per heavy atom. The molecule has 4 aromatic rings. The van der Waals surface area contributed by atoms with Crippen molar-refractivity contribution >= 4 is 23.4 Å². The van der Waals surface area contributed by atoms with E-state index in [-0.39, 0.29) is 5.56 Å². The zero-order valence-corrected chi connectivity index (χ0v) is 18.4. The minimum Gasteiger partial charge on any atom is -0.465 e. The first-order valence-corrected chi connectivity index (χ1v) is 10.8. The maximum atomic E-state index is 12.5. The smallest absolute Gasteiger partial charge is 0.337 e. The van der Waals surface area contributed by atoms with E-state index in [2.05, 4.69) is 5.32 Å².